The lowest BCUT2D eigenvalue weighted by atomic mass is 10.1. The highest BCUT2D eigenvalue weighted by atomic mass is 16.5. The number of benzene rings is 1. The number of hydrogen-bond donors (Lipinski definition) is 1. The summed E-state index contributed by atoms with van der Waals surface area (Å²) in [6.45, 7) is 8.13. The molecule has 0 atom stereocenters. The standard InChI is InChI=1S/C17H27N3O2/c1-4-5-8-18-17(21)20-11-9-19(10-12-20)15-13-14(2)6-7-16(15)22-3/h6-7,13H,4-5,8-12H2,1-3H3,(H,18,21). The minimum absolute atomic E-state index is 0.0595. The summed E-state index contributed by atoms with van der Waals surface area (Å²) in [4.78, 5) is 16.3. The Kier molecular flexibility index (Phi) is 5.92. The van der Waals surface area contributed by atoms with Crippen molar-refractivity contribution < 1.29 is 9.53 Å². The monoisotopic (exact) mass is 305 g/mol. The maximum Gasteiger partial charge on any atom is 0.317 e. The molecule has 1 aromatic carbocycles. The molecule has 0 saturated carbocycles. The van der Waals surface area contributed by atoms with Crippen LogP contribution in [0.3, 0.4) is 0 Å². The van der Waals surface area contributed by atoms with Gasteiger partial charge in [0.05, 0.1) is 12.8 Å². The van der Waals surface area contributed by atoms with Gasteiger partial charge in [-0.05, 0) is 31.0 Å². The number of nitrogens with one attached hydrogen (secondary N) is 1. The van der Waals surface area contributed by atoms with Crippen molar-refractivity contribution in [1.82, 2.24) is 10.2 Å². The van der Waals surface area contributed by atoms with Crippen LogP contribution in [0.15, 0.2) is 18.2 Å². The van der Waals surface area contributed by atoms with E-state index in [0.29, 0.717) is 0 Å². The Bertz CT molecular complexity index is 497. The van der Waals surface area contributed by atoms with Crippen molar-refractivity contribution >= 4 is 11.7 Å². The zero-order valence-corrected chi connectivity index (χ0v) is 13.9. The van der Waals surface area contributed by atoms with E-state index >= 15 is 0 Å². The summed E-state index contributed by atoms with van der Waals surface area (Å²) >= 11 is 0. The predicted molar refractivity (Wildman–Crippen MR) is 89.8 cm³/mol. The molecule has 0 radical (unpaired) electrons. The normalized spacial score (nSPS) is 14.9. The lowest BCUT2D eigenvalue weighted by molar-refractivity contribution is 0.194. The minimum atomic E-state index is 0.0595. The summed E-state index contributed by atoms with van der Waals surface area (Å²) in [5, 5.41) is 2.98. The number of methoxy groups -OCH3 is 1. The number of nitrogens with zero attached hydrogens (tertiary/aromatic N) is 2. The van der Waals surface area contributed by atoms with Gasteiger partial charge in [-0.3, -0.25) is 0 Å². The zero-order valence-electron chi connectivity index (χ0n) is 13.9. The molecule has 5 heteroatoms. The molecule has 122 valence electrons. The summed E-state index contributed by atoms with van der Waals surface area (Å²) in [6.07, 6.45) is 2.13. The van der Waals surface area contributed by atoms with Crippen LogP contribution in [0.5, 0.6) is 5.75 Å². The van der Waals surface area contributed by atoms with Crippen molar-refractivity contribution in [3.8, 4) is 5.75 Å². The first-order valence-electron chi connectivity index (χ1n) is 8.08. The third-order valence-corrected chi connectivity index (χ3v) is 4.05. The zero-order chi connectivity index (χ0) is 15.9. The number of piperazine rings is 1. The van der Waals surface area contributed by atoms with Gasteiger partial charge in [-0.25, -0.2) is 4.79 Å². The molecule has 0 spiro atoms. The molecule has 1 aromatic rings. The SMILES string of the molecule is CCCCNC(=O)N1CCN(c2cc(C)ccc2OC)CC1. The van der Waals surface area contributed by atoms with Crippen LogP contribution in [0.25, 0.3) is 0 Å². The van der Waals surface area contributed by atoms with Gasteiger partial charge >= 0.3 is 6.03 Å². The number of anilines is 1. The van der Waals surface area contributed by atoms with Gasteiger partial charge in [0.2, 0.25) is 0 Å². The molecule has 0 unspecified atom stereocenters. The average molecular weight is 305 g/mol. The maximum absolute atomic E-state index is 12.1. The van der Waals surface area contributed by atoms with Crippen LogP contribution in [0.1, 0.15) is 25.3 Å². The lowest BCUT2D eigenvalue weighted by Gasteiger charge is -2.36. The Balaban J connectivity index is 1.92. The third kappa shape index (κ3) is 4.06. The van der Waals surface area contributed by atoms with Gasteiger partial charge in [0.25, 0.3) is 0 Å². The van der Waals surface area contributed by atoms with Gasteiger partial charge in [-0.15, -0.1) is 0 Å². The second-order valence-electron chi connectivity index (χ2n) is 5.73. The summed E-state index contributed by atoms with van der Waals surface area (Å²) < 4.78 is 5.46. The molecule has 1 saturated heterocycles. The predicted octanol–water partition coefficient (Wildman–Crippen LogP) is 2.64. The smallest absolute Gasteiger partial charge is 0.317 e. The molecule has 1 heterocycles. The van der Waals surface area contributed by atoms with E-state index in [0.717, 1.165) is 57.0 Å². The van der Waals surface area contributed by atoms with Gasteiger partial charge in [-0.2, -0.15) is 0 Å². The lowest BCUT2D eigenvalue weighted by Crippen LogP contribution is -2.52. The van der Waals surface area contributed by atoms with Crippen LogP contribution >= 0.6 is 0 Å². The number of ether oxygens (including phenoxy) is 1. The van der Waals surface area contributed by atoms with Crippen molar-refractivity contribution in [2.45, 2.75) is 26.7 Å². The number of aryl methyl sites for hydroxylation is 1. The van der Waals surface area contributed by atoms with Crippen LogP contribution in [-0.4, -0.2) is 50.8 Å². The molecule has 0 aromatic heterocycles. The van der Waals surface area contributed by atoms with Crippen LogP contribution in [0.2, 0.25) is 0 Å². The fourth-order valence-electron chi connectivity index (χ4n) is 2.68. The summed E-state index contributed by atoms with van der Waals surface area (Å²) in [5.41, 5.74) is 2.34. The number of amides is 2. The second-order valence-corrected chi connectivity index (χ2v) is 5.73. The van der Waals surface area contributed by atoms with Gasteiger partial charge in [0.1, 0.15) is 5.75 Å². The molecule has 1 fully saturated rings. The molecular weight excluding hydrogens is 278 g/mol. The van der Waals surface area contributed by atoms with Crippen LogP contribution in [0, 0.1) is 6.92 Å². The van der Waals surface area contributed by atoms with E-state index in [2.05, 4.69) is 36.2 Å². The Morgan fingerprint density at radius 3 is 2.64 bits per heavy atom. The van der Waals surface area contributed by atoms with Crippen molar-refractivity contribution in [2.24, 2.45) is 0 Å². The van der Waals surface area contributed by atoms with E-state index in [1.807, 2.05) is 11.0 Å². The first kappa shape index (κ1) is 16.5. The van der Waals surface area contributed by atoms with Crippen LogP contribution < -0.4 is 15.0 Å². The second kappa shape index (κ2) is 7.92. The van der Waals surface area contributed by atoms with Gasteiger partial charge in [-0.1, -0.05) is 19.4 Å². The number of unbranched alkanes of at least 4 members (excludes halogenated alkanes) is 1. The molecule has 2 rings (SSSR count). The molecular formula is C17H27N3O2. The van der Waals surface area contributed by atoms with Gasteiger partial charge in [0.15, 0.2) is 0 Å². The van der Waals surface area contributed by atoms with Gasteiger partial charge < -0.3 is 19.9 Å². The highest BCUT2D eigenvalue weighted by molar-refractivity contribution is 5.74. The highest BCUT2D eigenvalue weighted by Gasteiger charge is 2.22. The van der Waals surface area contributed by atoms with Crippen LogP contribution in [0.4, 0.5) is 10.5 Å². The fourth-order valence-corrected chi connectivity index (χ4v) is 2.68. The fraction of sp³-hybridized carbons (Fsp3) is 0.588. The first-order chi connectivity index (χ1) is 10.7. The minimum Gasteiger partial charge on any atom is -0.495 e. The van der Waals surface area contributed by atoms with Crippen molar-refractivity contribution in [3.63, 3.8) is 0 Å². The van der Waals surface area contributed by atoms with Crippen molar-refractivity contribution in [2.75, 3.05) is 44.7 Å². The van der Waals surface area contributed by atoms with Crippen molar-refractivity contribution in [1.29, 1.82) is 0 Å². The van der Waals surface area contributed by atoms with E-state index in [4.69, 9.17) is 4.74 Å². The topological polar surface area (TPSA) is 44.8 Å². The largest absolute Gasteiger partial charge is 0.495 e. The van der Waals surface area contributed by atoms with Crippen LogP contribution in [-0.2, 0) is 0 Å². The molecule has 22 heavy (non-hydrogen) atoms. The molecule has 1 N–H and O–H groups in total. The van der Waals surface area contributed by atoms with E-state index in [9.17, 15) is 4.79 Å². The Labute approximate surface area is 133 Å². The van der Waals surface area contributed by atoms with E-state index in [1.165, 1.54) is 5.56 Å². The maximum atomic E-state index is 12.1. The Morgan fingerprint density at radius 1 is 1.27 bits per heavy atom. The number of carbonyl (C=O) groups excluding carboxylic acids is 1. The first-order valence-corrected chi connectivity index (χ1v) is 8.08. The van der Waals surface area contributed by atoms with Gasteiger partial charge in [0, 0.05) is 32.7 Å². The molecule has 0 bridgehead atoms. The molecule has 5 nitrogen and oxygen atoms in total. The highest BCUT2D eigenvalue weighted by Crippen LogP contribution is 2.29. The van der Waals surface area contributed by atoms with E-state index in [1.54, 1.807) is 7.11 Å². The Hall–Kier alpha value is -1.91. The quantitative estimate of drug-likeness (QED) is 0.851. The summed E-state index contributed by atoms with van der Waals surface area (Å²) in [6, 6.07) is 6.27. The van der Waals surface area contributed by atoms with E-state index in [-0.39, 0.29) is 6.03 Å². The third-order valence-electron chi connectivity index (χ3n) is 4.05. The molecule has 1 aliphatic rings. The Morgan fingerprint density at radius 2 is 2.00 bits per heavy atom. The molecule has 1 aliphatic heterocycles. The molecule has 0 aliphatic carbocycles. The van der Waals surface area contributed by atoms with Crippen molar-refractivity contribution in [3.05, 3.63) is 23.8 Å². The summed E-state index contributed by atoms with van der Waals surface area (Å²) in [7, 11) is 1.70. The molecule has 2 amide bonds. The summed E-state index contributed by atoms with van der Waals surface area (Å²) in [5.74, 6) is 0.895. The number of urea groups is 1. The number of hydrogen-bond acceptors (Lipinski definition) is 3. The van der Waals surface area contributed by atoms with E-state index < -0.39 is 0 Å². The number of carbonyl (C=O) groups is 1. The number of rotatable bonds is 5. The average Bonchev–Trinajstić information content (AvgIpc) is 2.55.